The second-order valence-electron chi connectivity index (χ2n) is 3.80. The Morgan fingerprint density at radius 3 is 2.89 bits per heavy atom. The SMILES string of the molecule is COc1cccc(CC(=O)Nc2cnc(Br)cn2)c1. The summed E-state index contributed by atoms with van der Waals surface area (Å²) in [6.45, 7) is 0. The lowest BCUT2D eigenvalue weighted by Gasteiger charge is -2.05. The predicted octanol–water partition coefficient (Wildman–Crippen LogP) is 2.43. The first-order valence-electron chi connectivity index (χ1n) is 5.57. The van der Waals surface area contributed by atoms with E-state index in [1.165, 1.54) is 12.4 Å². The van der Waals surface area contributed by atoms with Crippen LogP contribution in [0.5, 0.6) is 5.75 Å². The van der Waals surface area contributed by atoms with E-state index in [0.717, 1.165) is 11.3 Å². The second kappa shape index (κ2) is 6.29. The van der Waals surface area contributed by atoms with Gasteiger partial charge < -0.3 is 10.1 Å². The molecule has 0 radical (unpaired) electrons. The number of nitrogens with one attached hydrogen (secondary N) is 1. The van der Waals surface area contributed by atoms with Crippen LogP contribution < -0.4 is 10.1 Å². The molecule has 0 spiro atoms. The van der Waals surface area contributed by atoms with Crippen molar-refractivity contribution < 1.29 is 9.53 Å². The van der Waals surface area contributed by atoms with Crippen molar-refractivity contribution in [1.29, 1.82) is 0 Å². The third kappa shape index (κ3) is 4.03. The summed E-state index contributed by atoms with van der Waals surface area (Å²) >= 11 is 3.18. The first-order valence-corrected chi connectivity index (χ1v) is 6.37. The largest absolute Gasteiger partial charge is 0.497 e. The topological polar surface area (TPSA) is 64.1 Å². The lowest BCUT2D eigenvalue weighted by molar-refractivity contribution is -0.115. The first kappa shape index (κ1) is 13.5. The summed E-state index contributed by atoms with van der Waals surface area (Å²) in [5.74, 6) is 1.01. The molecule has 6 heteroatoms. The maximum atomic E-state index is 11.8. The summed E-state index contributed by atoms with van der Waals surface area (Å²) in [6.07, 6.45) is 3.28. The number of nitrogens with zero attached hydrogens (tertiary/aromatic N) is 2. The summed E-state index contributed by atoms with van der Waals surface area (Å²) in [5, 5.41) is 2.68. The van der Waals surface area contributed by atoms with Crippen molar-refractivity contribution in [3.8, 4) is 5.75 Å². The van der Waals surface area contributed by atoms with Gasteiger partial charge in [0.2, 0.25) is 5.91 Å². The summed E-state index contributed by atoms with van der Waals surface area (Å²) in [4.78, 5) is 19.8. The number of ether oxygens (including phenoxy) is 1. The molecule has 0 saturated carbocycles. The van der Waals surface area contributed by atoms with E-state index in [2.05, 4.69) is 31.2 Å². The molecule has 1 aromatic carbocycles. The molecule has 2 rings (SSSR count). The van der Waals surface area contributed by atoms with Crippen molar-refractivity contribution >= 4 is 27.7 Å². The minimum atomic E-state index is -0.148. The fraction of sp³-hybridized carbons (Fsp3) is 0.154. The van der Waals surface area contributed by atoms with Gasteiger partial charge in [-0.25, -0.2) is 9.97 Å². The molecular formula is C13H12BrN3O2. The van der Waals surface area contributed by atoms with Crippen molar-refractivity contribution in [3.05, 3.63) is 46.8 Å². The van der Waals surface area contributed by atoms with Crippen LogP contribution in [0.15, 0.2) is 41.3 Å². The third-order valence-electron chi connectivity index (χ3n) is 2.39. The van der Waals surface area contributed by atoms with E-state index in [1.54, 1.807) is 7.11 Å². The Bertz CT molecular complexity index is 572. The molecule has 1 heterocycles. The number of hydrogen-bond donors (Lipinski definition) is 1. The Hall–Kier alpha value is -1.95. The molecule has 0 unspecified atom stereocenters. The average Bonchev–Trinajstić information content (AvgIpc) is 2.41. The van der Waals surface area contributed by atoms with E-state index in [9.17, 15) is 4.79 Å². The van der Waals surface area contributed by atoms with Crippen LogP contribution in [0.4, 0.5) is 5.82 Å². The van der Waals surface area contributed by atoms with Crippen molar-refractivity contribution in [2.24, 2.45) is 0 Å². The Morgan fingerprint density at radius 2 is 2.21 bits per heavy atom. The average molecular weight is 322 g/mol. The molecule has 19 heavy (non-hydrogen) atoms. The predicted molar refractivity (Wildman–Crippen MR) is 75.1 cm³/mol. The standard InChI is InChI=1S/C13H12BrN3O2/c1-19-10-4-2-3-9(5-10)6-13(18)17-12-8-15-11(14)7-16-12/h2-5,7-8H,6H2,1H3,(H,16,17,18). The number of carbonyl (C=O) groups is 1. The van der Waals surface area contributed by atoms with Gasteiger partial charge in [0.25, 0.3) is 0 Å². The number of carbonyl (C=O) groups excluding carboxylic acids is 1. The number of halogens is 1. The Balaban J connectivity index is 1.99. The minimum Gasteiger partial charge on any atom is -0.497 e. The van der Waals surface area contributed by atoms with Crippen LogP contribution in [0.3, 0.4) is 0 Å². The van der Waals surface area contributed by atoms with Gasteiger partial charge in [-0.3, -0.25) is 4.79 Å². The van der Waals surface area contributed by atoms with Crippen LogP contribution in [0.25, 0.3) is 0 Å². The molecule has 0 fully saturated rings. The highest BCUT2D eigenvalue weighted by Gasteiger charge is 2.06. The van der Waals surface area contributed by atoms with Gasteiger partial charge in [-0.2, -0.15) is 0 Å². The van der Waals surface area contributed by atoms with E-state index >= 15 is 0 Å². The lowest BCUT2D eigenvalue weighted by atomic mass is 10.1. The van der Waals surface area contributed by atoms with Gasteiger partial charge in [0.1, 0.15) is 10.4 Å². The smallest absolute Gasteiger partial charge is 0.229 e. The molecule has 98 valence electrons. The van der Waals surface area contributed by atoms with E-state index in [1.807, 2.05) is 24.3 Å². The minimum absolute atomic E-state index is 0.148. The van der Waals surface area contributed by atoms with Crippen molar-refractivity contribution in [3.63, 3.8) is 0 Å². The molecule has 0 saturated heterocycles. The Morgan fingerprint density at radius 1 is 1.37 bits per heavy atom. The van der Waals surface area contributed by atoms with E-state index < -0.39 is 0 Å². The van der Waals surface area contributed by atoms with Crippen molar-refractivity contribution in [2.75, 3.05) is 12.4 Å². The van der Waals surface area contributed by atoms with Gasteiger partial charge in [0.15, 0.2) is 5.82 Å². The number of rotatable bonds is 4. The number of aromatic nitrogens is 2. The summed E-state index contributed by atoms with van der Waals surface area (Å²) in [6, 6.07) is 7.38. The molecular weight excluding hydrogens is 310 g/mol. The zero-order valence-corrected chi connectivity index (χ0v) is 11.8. The quantitative estimate of drug-likeness (QED) is 0.939. The lowest BCUT2D eigenvalue weighted by Crippen LogP contribution is -2.15. The number of benzene rings is 1. The third-order valence-corrected chi connectivity index (χ3v) is 2.80. The molecule has 0 aliphatic carbocycles. The fourth-order valence-electron chi connectivity index (χ4n) is 1.53. The second-order valence-corrected chi connectivity index (χ2v) is 4.61. The van der Waals surface area contributed by atoms with Gasteiger partial charge >= 0.3 is 0 Å². The summed E-state index contributed by atoms with van der Waals surface area (Å²) in [7, 11) is 1.59. The van der Waals surface area contributed by atoms with E-state index in [-0.39, 0.29) is 12.3 Å². The molecule has 1 aromatic heterocycles. The summed E-state index contributed by atoms with van der Waals surface area (Å²) in [5.41, 5.74) is 0.877. The Labute approximate surface area is 119 Å². The van der Waals surface area contributed by atoms with Crippen LogP contribution in [0.1, 0.15) is 5.56 Å². The highest BCUT2D eigenvalue weighted by atomic mass is 79.9. The van der Waals surface area contributed by atoms with Gasteiger partial charge in [-0.05, 0) is 33.6 Å². The van der Waals surface area contributed by atoms with Crippen LogP contribution in [-0.2, 0) is 11.2 Å². The monoisotopic (exact) mass is 321 g/mol. The highest BCUT2D eigenvalue weighted by molar-refractivity contribution is 9.10. The molecule has 0 aliphatic heterocycles. The Kier molecular flexibility index (Phi) is 4.46. The van der Waals surface area contributed by atoms with E-state index in [0.29, 0.717) is 10.4 Å². The van der Waals surface area contributed by atoms with Gasteiger partial charge in [0.05, 0.1) is 25.9 Å². The normalized spacial score (nSPS) is 10.0. The van der Waals surface area contributed by atoms with Crippen LogP contribution in [0.2, 0.25) is 0 Å². The van der Waals surface area contributed by atoms with Gasteiger partial charge in [0, 0.05) is 0 Å². The van der Waals surface area contributed by atoms with Crippen molar-refractivity contribution in [1.82, 2.24) is 9.97 Å². The zero-order chi connectivity index (χ0) is 13.7. The number of methoxy groups -OCH3 is 1. The maximum absolute atomic E-state index is 11.8. The van der Waals surface area contributed by atoms with Gasteiger partial charge in [-0.1, -0.05) is 12.1 Å². The number of hydrogen-bond acceptors (Lipinski definition) is 4. The van der Waals surface area contributed by atoms with Crippen LogP contribution >= 0.6 is 15.9 Å². The summed E-state index contributed by atoms with van der Waals surface area (Å²) < 4.78 is 5.73. The van der Waals surface area contributed by atoms with Gasteiger partial charge in [-0.15, -0.1) is 0 Å². The molecule has 5 nitrogen and oxygen atoms in total. The molecule has 1 amide bonds. The van der Waals surface area contributed by atoms with Crippen LogP contribution in [-0.4, -0.2) is 23.0 Å². The van der Waals surface area contributed by atoms with Crippen molar-refractivity contribution in [2.45, 2.75) is 6.42 Å². The molecule has 0 aliphatic rings. The molecule has 0 bridgehead atoms. The maximum Gasteiger partial charge on any atom is 0.229 e. The number of anilines is 1. The first-order chi connectivity index (χ1) is 9.17. The molecule has 0 atom stereocenters. The zero-order valence-electron chi connectivity index (χ0n) is 10.3. The highest BCUT2D eigenvalue weighted by Crippen LogP contribution is 2.13. The van der Waals surface area contributed by atoms with Crippen LogP contribution in [0, 0.1) is 0 Å². The molecule has 2 aromatic rings. The fourth-order valence-corrected chi connectivity index (χ4v) is 1.74. The molecule has 1 N–H and O–H groups in total. The number of amides is 1. The van der Waals surface area contributed by atoms with E-state index in [4.69, 9.17) is 4.74 Å².